The zero-order valence-corrected chi connectivity index (χ0v) is 40.8. The summed E-state index contributed by atoms with van der Waals surface area (Å²) >= 11 is 0. The molecule has 15 nitrogen and oxygen atoms in total. The van der Waals surface area contributed by atoms with Gasteiger partial charge in [0.15, 0.2) is 0 Å². The number of hydrogen-bond acceptors (Lipinski definition) is 10. The van der Waals surface area contributed by atoms with Crippen LogP contribution in [0.15, 0.2) is 73.3 Å². The average Bonchev–Trinajstić information content (AvgIpc) is 3.89. The number of cyclic esters (lactones) is 1. The molecule has 3 aliphatic rings. The largest absolute Gasteiger partial charge is 0.508 e. The fourth-order valence-corrected chi connectivity index (χ4v) is 10.3. The summed E-state index contributed by atoms with van der Waals surface area (Å²) in [5.74, 6) is -3.36. The van der Waals surface area contributed by atoms with Gasteiger partial charge in [0.05, 0.1) is 30.9 Å². The zero-order valence-electron chi connectivity index (χ0n) is 40.8. The lowest BCUT2D eigenvalue weighted by Crippen LogP contribution is -2.62. The molecule has 4 heterocycles. The highest BCUT2D eigenvalue weighted by Crippen LogP contribution is 2.42. The van der Waals surface area contributed by atoms with Crippen molar-refractivity contribution in [1.82, 2.24) is 30.1 Å². The van der Waals surface area contributed by atoms with Crippen LogP contribution in [0.2, 0.25) is 0 Å². The molecule has 1 unspecified atom stereocenters. The van der Waals surface area contributed by atoms with Crippen LogP contribution in [-0.2, 0) is 64.0 Å². The third kappa shape index (κ3) is 10.5. The van der Waals surface area contributed by atoms with Crippen molar-refractivity contribution in [2.75, 3.05) is 54.1 Å². The number of aryl methyl sites for hydroxylation is 1. The van der Waals surface area contributed by atoms with Crippen molar-refractivity contribution < 1.29 is 43.3 Å². The van der Waals surface area contributed by atoms with Gasteiger partial charge in [0.2, 0.25) is 17.7 Å². The number of rotatable bonds is 12. The Balaban J connectivity index is 1.30. The first-order valence-corrected chi connectivity index (χ1v) is 23.8. The number of hydrazine groups is 1. The molecule has 4 amide bonds. The van der Waals surface area contributed by atoms with E-state index in [0.717, 1.165) is 50.8 Å². The molecular weight excluding hydrogens is 865 g/mol. The molecule has 3 aromatic carbocycles. The first-order chi connectivity index (χ1) is 32.5. The van der Waals surface area contributed by atoms with E-state index >= 15 is 0 Å². The molecule has 6 bridgehead atoms. The van der Waals surface area contributed by atoms with E-state index in [2.05, 4.69) is 73.0 Å². The van der Waals surface area contributed by atoms with Crippen LogP contribution in [0.25, 0.3) is 33.3 Å². The van der Waals surface area contributed by atoms with E-state index in [1.54, 1.807) is 26.3 Å². The van der Waals surface area contributed by atoms with Gasteiger partial charge in [-0.25, -0.2) is 5.43 Å². The van der Waals surface area contributed by atoms with E-state index in [1.807, 2.05) is 32.0 Å². The number of fused-ring (bicyclic) bond motifs is 6. The Labute approximate surface area is 399 Å². The van der Waals surface area contributed by atoms with Crippen LogP contribution in [0.3, 0.4) is 0 Å². The summed E-state index contributed by atoms with van der Waals surface area (Å²) in [7, 11) is 4.74. The normalized spacial score (nSPS) is 21.3. The number of likely N-dealkylation sites (tertiary alicyclic amines) is 1. The minimum atomic E-state index is -1.19. The molecule has 5 atom stereocenters. The number of carbonyl (C=O) groups is 5. The van der Waals surface area contributed by atoms with Gasteiger partial charge >= 0.3 is 5.97 Å². The van der Waals surface area contributed by atoms with Gasteiger partial charge in [-0.2, -0.15) is 0 Å². The number of aromatic nitrogens is 1. The Bertz CT molecular complexity index is 2550. The standard InChI is InChI=1S/C53H68N6O9/c1-10-46(61)57-29-41(45(30-57)67-9)50(63)56(7)47(32(3)4)49(62)54-43-25-33-23-36(26-37(60)24-33)35-18-19-44-39(27-35)40(48(58(44)11-2)38-16-13-12-15-34(38)20-22-66-8)28-53(5,6)31-68-52(65)42-17-14-21-59(55-42)51(43)64/h10,12-13,15-16,18-19,23-24,26-27,32,41-43,45,47,55,60H,1,11,14,17,20-22,25,28-31H2,2-9H3,(H,54,62)/t41-,42+,43+,45+,47?/m1/s1. The maximum atomic E-state index is 14.8. The highest BCUT2D eigenvalue weighted by Gasteiger charge is 2.44. The Morgan fingerprint density at radius 1 is 1.06 bits per heavy atom. The maximum absolute atomic E-state index is 14.8. The lowest BCUT2D eigenvalue weighted by molar-refractivity contribution is -0.155. The molecule has 0 spiro atoms. The van der Waals surface area contributed by atoms with E-state index in [-0.39, 0.29) is 50.2 Å². The molecule has 7 rings (SSSR count). The van der Waals surface area contributed by atoms with Crippen LogP contribution in [0.4, 0.5) is 0 Å². The number of esters is 1. The number of phenolic OH excluding ortho intramolecular Hbond substituents is 1. The number of ether oxygens (including phenoxy) is 3. The first-order valence-electron chi connectivity index (χ1n) is 23.8. The fraction of sp³-hybridized carbons (Fsp3) is 0.491. The molecule has 2 fully saturated rings. The molecule has 2 saturated heterocycles. The SMILES string of the molecule is C=CC(=O)N1C[C@H](OC)[C@H](C(=O)N(C)C(C(=O)N[C@H]2Cc3cc(O)cc(c3)-c3ccc4c(c3)c(c(-c3ccccc3CCOC)n4CC)CC(C)(C)COC(=O)[C@@H]3CCCN(N3)C2=O)C(C)C)C1. The van der Waals surface area contributed by atoms with Crippen molar-refractivity contribution in [2.45, 2.75) is 97.5 Å². The predicted molar refractivity (Wildman–Crippen MR) is 260 cm³/mol. The molecule has 0 aliphatic carbocycles. The molecule has 0 radical (unpaired) electrons. The van der Waals surface area contributed by atoms with Gasteiger partial charge in [-0.1, -0.05) is 70.7 Å². The number of aromatic hydroxyl groups is 1. The Hall–Kier alpha value is -6.03. The third-order valence-corrected chi connectivity index (χ3v) is 13.7. The van der Waals surface area contributed by atoms with Gasteiger partial charge in [0.25, 0.3) is 5.91 Å². The first kappa shape index (κ1) is 49.9. The summed E-state index contributed by atoms with van der Waals surface area (Å²) in [6, 6.07) is 16.9. The molecule has 3 aliphatic heterocycles. The van der Waals surface area contributed by atoms with Crippen LogP contribution in [0.1, 0.15) is 64.2 Å². The highest BCUT2D eigenvalue weighted by atomic mass is 16.5. The second-order valence-electron chi connectivity index (χ2n) is 19.6. The molecule has 3 N–H and O–H groups in total. The van der Waals surface area contributed by atoms with Gasteiger partial charge in [0, 0.05) is 75.7 Å². The summed E-state index contributed by atoms with van der Waals surface area (Å²) in [5, 5.41) is 16.8. The molecule has 15 heteroatoms. The molecule has 0 saturated carbocycles. The van der Waals surface area contributed by atoms with Gasteiger partial charge in [-0.05, 0) is 96.7 Å². The summed E-state index contributed by atoms with van der Waals surface area (Å²) in [5.41, 5.74) is 10.3. The van der Waals surface area contributed by atoms with Gasteiger partial charge in [0.1, 0.15) is 23.9 Å². The number of amides is 4. The highest BCUT2D eigenvalue weighted by molar-refractivity contribution is 5.96. The van der Waals surface area contributed by atoms with Gasteiger partial charge in [-0.15, -0.1) is 0 Å². The maximum Gasteiger partial charge on any atom is 0.324 e. The topological polar surface area (TPSA) is 172 Å². The minimum absolute atomic E-state index is 0.0118. The van der Waals surface area contributed by atoms with Crippen LogP contribution >= 0.6 is 0 Å². The van der Waals surface area contributed by atoms with E-state index in [9.17, 15) is 29.1 Å². The van der Waals surface area contributed by atoms with E-state index in [1.165, 1.54) is 28.0 Å². The Kier molecular flexibility index (Phi) is 15.5. The van der Waals surface area contributed by atoms with Crippen LogP contribution < -0.4 is 10.7 Å². The number of benzene rings is 3. The van der Waals surface area contributed by atoms with Crippen molar-refractivity contribution in [3.63, 3.8) is 0 Å². The molecule has 1 aromatic heterocycles. The Morgan fingerprint density at radius 3 is 2.53 bits per heavy atom. The van der Waals surface area contributed by atoms with Crippen molar-refractivity contribution >= 4 is 40.5 Å². The molecule has 68 heavy (non-hydrogen) atoms. The van der Waals surface area contributed by atoms with Crippen molar-refractivity contribution in [3.05, 3.63) is 90.0 Å². The quantitative estimate of drug-likeness (QED) is 0.119. The Morgan fingerprint density at radius 2 is 1.82 bits per heavy atom. The summed E-state index contributed by atoms with van der Waals surface area (Å²) in [6.07, 6.45) is 2.83. The van der Waals surface area contributed by atoms with Gasteiger partial charge < -0.3 is 39.0 Å². The number of nitrogens with zero attached hydrogens (tertiary/aromatic N) is 4. The minimum Gasteiger partial charge on any atom is -0.508 e. The summed E-state index contributed by atoms with van der Waals surface area (Å²) < 4.78 is 19.6. The third-order valence-electron chi connectivity index (χ3n) is 13.7. The monoisotopic (exact) mass is 933 g/mol. The number of phenols is 1. The summed E-state index contributed by atoms with van der Waals surface area (Å²) in [6.45, 7) is 15.5. The summed E-state index contributed by atoms with van der Waals surface area (Å²) in [4.78, 5) is 73.0. The number of methoxy groups -OCH3 is 2. The molecular formula is C53H68N6O9. The number of hydrogen-bond donors (Lipinski definition) is 3. The van der Waals surface area contributed by atoms with Crippen LogP contribution in [0.5, 0.6) is 5.75 Å². The van der Waals surface area contributed by atoms with Crippen molar-refractivity contribution in [1.29, 1.82) is 0 Å². The number of likely N-dealkylation sites (N-methyl/N-ethyl adjacent to an activating group) is 1. The van der Waals surface area contributed by atoms with Crippen molar-refractivity contribution in [3.8, 4) is 28.1 Å². The molecule has 4 aromatic rings. The zero-order chi connectivity index (χ0) is 49.0. The number of nitrogens with one attached hydrogen (secondary N) is 2. The predicted octanol–water partition coefficient (Wildman–Crippen LogP) is 5.68. The molecule has 364 valence electrons. The van der Waals surface area contributed by atoms with E-state index in [0.29, 0.717) is 38.0 Å². The van der Waals surface area contributed by atoms with Gasteiger partial charge in [-0.3, -0.25) is 29.0 Å². The number of carbonyl (C=O) groups excluding carboxylic acids is 5. The lowest BCUT2D eigenvalue weighted by atomic mass is 9.83. The second-order valence-corrected chi connectivity index (χ2v) is 19.6. The fourth-order valence-electron chi connectivity index (χ4n) is 10.3. The van der Waals surface area contributed by atoms with Crippen LogP contribution in [0, 0.1) is 17.3 Å². The van der Waals surface area contributed by atoms with E-state index < -0.39 is 59.3 Å². The van der Waals surface area contributed by atoms with E-state index in [4.69, 9.17) is 14.2 Å². The second kappa shape index (κ2) is 21.1. The van der Waals surface area contributed by atoms with Crippen LogP contribution in [-0.4, -0.2) is 132 Å². The lowest BCUT2D eigenvalue weighted by Gasteiger charge is -2.37. The smallest absolute Gasteiger partial charge is 0.324 e. The average molecular weight is 933 g/mol. The van der Waals surface area contributed by atoms with Crippen molar-refractivity contribution in [2.24, 2.45) is 17.3 Å².